The van der Waals surface area contributed by atoms with E-state index in [9.17, 15) is 4.79 Å². The molecule has 0 aliphatic heterocycles. The molecule has 3 rings (SSSR count). The largest absolute Gasteiger partial charge is 0.321 e. The number of thiazole rings is 1. The van der Waals surface area contributed by atoms with E-state index in [0.29, 0.717) is 5.69 Å². The van der Waals surface area contributed by atoms with Gasteiger partial charge in [-0.1, -0.05) is 23.4 Å². The van der Waals surface area contributed by atoms with Crippen LogP contribution < -0.4 is 5.32 Å². The maximum absolute atomic E-state index is 12.0. The van der Waals surface area contributed by atoms with Crippen molar-refractivity contribution in [1.29, 1.82) is 0 Å². The molecular weight excluding hydrogens is 328 g/mol. The Labute approximate surface area is 133 Å². The number of hydrogen-bond donors (Lipinski definition) is 1. The van der Waals surface area contributed by atoms with Crippen LogP contribution in [-0.2, 0) is 0 Å². The third-order valence-electron chi connectivity index (χ3n) is 2.67. The standard InChI is InChI=1S/C13H9ClN4OS2/c1-20-13-16-8-3-2-7(6-10(8)21-13)15-12(19)9-4-5-11(14)18-17-9/h2-6H,1H3,(H,15,19). The zero-order chi connectivity index (χ0) is 14.8. The lowest BCUT2D eigenvalue weighted by molar-refractivity contribution is 0.102. The molecule has 0 unspecified atom stereocenters. The molecule has 0 aliphatic rings. The van der Waals surface area contributed by atoms with Crippen LogP contribution in [0.2, 0.25) is 5.15 Å². The number of amides is 1. The van der Waals surface area contributed by atoms with Crippen molar-refractivity contribution >= 4 is 56.5 Å². The molecule has 2 heterocycles. The van der Waals surface area contributed by atoms with Gasteiger partial charge in [0.15, 0.2) is 15.2 Å². The minimum absolute atomic E-state index is 0.216. The van der Waals surface area contributed by atoms with Crippen molar-refractivity contribution in [1.82, 2.24) is 15.2 Å². The predicted molar refractivity (Wildman–Crippen MR) is 86.4 cm³/mol. The Morgan fingerprint density at radius 3 is 2.86 bits per heavy atom. The van der Waals surface area contributed by atoms with E-state index in [1.54, 1.807) is 23.1 Å². The number of aromatic nitrogens is 3. The summed E-state index contributed by atoms with van der Waals surface area (Å²) in [6, 6.07) is 8.65. The third kappa shape index (κ3) is 3.15. The summed E-state index contributed by atoms with van der Waals surface area (Å²) in [6.45, 7) is 0. The fourth-order valence-corrected chi connectivity index (χ4v) is 3.33. The van der Waals surface area contributed by atoms with Crippen molar-refractivity contribution in [3.05, 3.63) is 41.2 Å². The Bertz CT molecular complexity index is 804. The van der Waals surface area contributed by atoms with Gasteiger partial charge in [0.05, 0.1) is 10.2 Å². The van der Waals surface area contributed by atoms with Gasteiger partial charge in [-0.25, -0.2) is 4.98 Å². The summed E-state index contributed by atoms with van der Waals surface area (Å²) < 4.78 is 2.02. The summed E-state index contributed by atoms with van der Waals surface area (Å²) in [5.74, 6) is -0.326. The maximum atomic E-state index is 12.0. The van der Waals surface area contributed by atoms with Crippen LogP contribution in [0, 0.1) is 0 Å². The Morgan fingerprint density at radius 1 is 1.29 bits per heavy atom. The number of nitrogens with zero attached hydrogens (tertiary/aromatic N) is 3. The maximum Gasteiger partial charge on any atom is 0.276 e. The van der Waals surface area contributed by atoms with Gasteiger partial charge in [0.2, 0.25) is 0 Å². The third-order valence-corrected chi connectivity index (χ3v) is 4.87. The molecule has 0 atom stereocenters. The summed E-state index contributed by atoms with van der Waals surface area (Å²) in [6.07, 6.45) is 1.99. The predicted octanol–water partition coefficient (Wildman–Crippen LogP) is 3.71. The summed E-state index contributed by atoms with van der Waals surface area (Å²) in [5.41, 5.74) is 1.84. The smallest absolute Gasteiger partial charge is 0.276 e. The number of benzene rings is 1. The van der Waals surface area contributed by atoms with Gasteiger partial charge in [0, 0.05) is 5.69 Å². The van der Waals surface area contributed by atoms with E-state index in [1.807, 2.05) is 24.5 Å². The van der Waals surface area contributed by atoms with Gasteiger partial charge < -0.3 is 5.32 Å². The lowest BCUT2D eigenvalue weighted by Crippen LogP contribution is -2.14. The quantitative estimate of drug-likeness (QED) is 0.738. The average Bonchev–Trinajstić information content (AvgIpc) is 2.90. The zero-order valence-corrected chi connectivity index (χ0v) is 13.2. The first-order valence-corrected chi connectivity index (χ1v) is 8.33. The minimum atomic E-state index is -0.326. The molecule has 0 saturated heterocycles. The molecule has 106 valence electrons. The second-order valence-electron chi connectivity index (χ2n) is 4.06. The summed E-state index contributed by atoms with van der Waals surface area (Å²) in [7, 11) is 0. The van der Waals surface area contributed by atoms with Gasteiger partial charge in [-0.2, -0.15) is 0 Å². The summed E-state index contributed by atoms with van der Waals surface area (Å²) in [5, 5.41) is 10.4. The Morgan fingerprint density at radius 2 is 2.14 bits per heavy atom. The summed E-state index contributed by atoms with van der Waals surface area (Å²) >= 11 is 8.84. The van der Waals surface area contributed by atoms with Gasteiger partial charge in [-0.05, 0) is 36.6 Å². The van der Waals surface area contributed by atoms with Crippen molar-refractivity contribution in [2.75, 3.05) is 11.6 Å². The summed E-state index contributed by atoms with van der Waals surface area (Å²) in [4.78, 5) is 16.5. The highest BCUT2D eigenvalue weighted by Crippen LogP contribution is 2.30. The number of carbonyl (C=O) groups is 1. The van der Waals surface area contributed by atoms with Crippen LogP contribution in [0.1, 0.15) is 10.5 Å². The van der Waals surface area contributed by atoms with Crippen LogP contribution in [0.15, 0.2) is 34.7 Å². The Hall–Kier alpha value is -1.70. The molecule has 21 heavy (non-hydrogen) atoms. The average molecular weight is 337 g/mol. The second kappa shape index (κ2) is 5.97. The number of nitrogens with one attached hydrogen (secondary N) is 1. The highest BCUT2D eigenvalue weighted by molar-refractivity contribution is 8.00. The molecule has 5 nitrogen and oxygen atoms in total. The first kappa shape index (κ1) is 14.2. The molecule has 0 radical (unpaired) electrons. The van der Waals surface area contributed by atoms with Gasteiger partial charge >= 0.3 is 0 Å². The molecule has 0 saturated carbocycles. The van der Waals surface area contributed by atoms with Gasteiger partial charge in [-0.15, -0.1) is 21.5 Å². The van der Waals surface area contributed by atoms with Gasteiger partial charge in [0.25, 0.3) is 5.91 Å². The van der Waals surface area contributed by atoms with E-state index >= 15 is 0 Å². The first-order valence-electron chi connectivity index (χ1n) is 5.91. The molecule has 2 aromatic heterocycles. The van der Waals surface area contributed by atoms with Crippen LogP contribution in [0.3, 0.4) is 0 Å². The van der Waals surface area contributed by atoms with Crippen LogP contribution in [0.5, 0.6) is 0 Å². The number of carbonyl (C=O) groups excluding carboxylic acids is 1. The highest BCUT2D eigenvalue weighted by Gasteiger charge is 2.10. The molecule has 3 aromatic rings. The molecule has 1 amide bonds. The normalized spacial score (nSPS) is 10.8. The van der Waals surface area contributed by atoms with E-state index in [1.165, 1.54) is 12.1 Å². The van der Waals surface area contributed by atoms with Crippen molar-refractivity contribution in [2.24, 2.45) is 0 Å². The molecule has 0 aliphatic carbocycles. The van der Waals surface area contributed by atoms with Crippen LogP contribution in [0.25, 0.3) is 10.2 Å². The molecule has 0 spiro atoms. The van der Waals surface area contributed by atoms with E-state index in [4.69, 9.17) is 11.6 Å². The lowest BCUT2D eigenvalue weighted by atomic mass is 10.3. The number of anilines is 1. The van der Waals surface area contributed by atoms with E-state index < -0.39 is 0 Å². The highest BCUT2D eigenvalue weighted by atomic mass is 35.5. The van der Waals surface area contributed by atoms with E-state index in [2.05, 4.69) is 20.5 Å². The molecule has 1 aromatic carbocycles. The number of thioether (sulfide) groups is 1. The Kier molecular flexibility index (Phi) is 4.05. The first-order chi connectivity index (χ1) is 10.2. The number of halogens is 1. The minimum Gasteiger partial charge on any atom is -0.321 e. The number of fused-ring (bicyclic) bond motifs is 1. The molecule has 0 bridgehead atoms. The molecule has 1 N–H and O–H groups in total. The van der Waals surface area contributed by atoms with Crippen molar-refractivity contribution in [2.45, 2.75) is 4.34 Å². The fraction of sp³-hybridized carbons (Fsp3) is 0.0769. The van der Waals surface area contributed by atoms with Gasteiger partial charge in [0.1, 0.15) is 0 Å². The van der Waals surface area contributed by atoms with Crippen molar-refractivity contribution in [3.63, 3.8) is 0 Å². The number of hydrogen-bond acceptors (Lipinski definition) is 6. The monoisotopic (exact) mass is 336 g/mol. The Balaban J connectivity index is 1.83. The zero-order valence-electron chi connectivity index (χ0n) is 10.8. The van der Waals surface area contributed by atoms with Gasteiger partial charge in [-0.3, -0.25) is 4.79 Å². The van der Waals surface area contributed by atoms with Crippen molar-refractivity contribution < 1.29 is 4.79 Å². The topological polar surface area (TPSA) is 67.8 Å². The van der Waals surface area contributed by atoms with E-state index in [0.717, 1.165) is 14.6 Å². The molecule has 0 fully saturated rings. The number of rotatable bonds is 3. The second-order valence-corrected chi connectivity index (χ2v) is 6.53. The van der Waals surface area contributed by atoms with E-state index in [-0.39, 0.29) is 16.8 Å². The van der Waals surface area contributed by atoms with Crippen LogP contribution in [0.4, 0.5) is 5.69 Å². The van der Waals surface area contributed by atoms with Crippen LogP contribution in [-0.4, -0.2) is 27.3 Å². The van der Waals surface area contributed by atoms with Crippen molar-refractivity contribution in [3.8, 4) is 0 Å². The molecular formula is C13H9ClN4OS2. The lowest BCUT2D eigenvalue weighted by Gasteiger charge is -2.03. The fourth-order valence-electron chi connectivity index (χ4n) is 1.70. The molecule has 8 heteroatoms. The van der Waals surface area contributed by atoms with Crippen LogP contribution >= 0.6 is 34.7 Å². The SMILES string of the molecule is CSc1nc2ccc(NC(=O)c3ccc(Cl)nn3)cc2s1.